The minimum absolute atomic E-state index is 0.0244. The van der Waals surface area contributed by atoms with E-state index < -0.39 is 0 Å². The molecule has 1 unspecified atom stereocenters. The van der Waals surface area contributed by atoms with Gasteiger partial charge in [0.25, 0.3) is 0 Å². The SMILES string of the molecule is CCN(C(=O)C1CNCCN1)c1ccc(F)cc1. The van der Waals surface area contributed by atoms with Gasteiger partial charge in [0.05, 0.1) is 6.04 Å². The van der Waals surface area contributed by atoms with Gasteiger partial charge in [-0.15, -0.1) is 0 Å². The van der Waals surface area contributed by atoms with Gasteiger partial charge in [-0.1, -0.05) is 0 Å². The monoisotopic (exact) mass is 251 g/mol. The van der Waals surface area contributed by atoms with E-state index >= 15 is 0 Å². The third kappa shape index (κ3) is 2.86. The zero-order valence-corrected chi connectivity index (χ0v) is 10.4. The van der Waals surface area contributed by atoms with Crippen LogP contribution in [0.4, 0.5) is 10.1 Å². The van der Waals surface area contributed by atoms with Crippen LogP contribution in [0, 0.1) is 5.82 Å². The first-order chi connectivity index (χ1) is 8.72. The third-order valence-corrected chi connectivity index (χ3v) is 3.06. The fraction of sp³-hybridized carbons (Fsp3) is 0.462. The van der Waals surface area contributed by atoms with Gasteiger partial charge in [0.15, 0.2) is 0 Å². The molecule has 1 heterocycles. The molecule has 0 spiro atoms. The summed E-state index contributed by atoms with van der Waals surface area (Å²) in [4.78, 5) is 14.0. The molecule has 1 aromatic rings. The van der Waals surface area contributed by atoms with Crippen molar-refractivity contribution in [1.82, 2.24) is 10.6 Å². The molecule has 0 aromatic heterocycles. The number of benzene rings is 1. The Morgan fingerprint density at radius 3 is 2.67 bits per heavy atom. The van der Waals surface area contributed by atoms with Crippen LogP contribution in [0.5, 0.6) is 0 Å². The van der Waals surface area contributed by atoms with Crippen LogP contribution in [-0.2, 0) is 4.79 Å². The van der Waals surface area contributed by atoms with E-state index in [2.05, 4.69) is 10.6 Å². The first kappa shape index (κ1) is 13.0. The van der Waals surface area contributed by atoms with Gasteiger partial charge >= 0.3 is 0 Å². The number of hydrogen-bond donors (Lipinski definition) is 2. The number of carbonyl (C=O) groups excluding carboxylic acids is 1. The first-order valence-electron chi connectivity index (χ1n) is 6.23. The second-order valence-corrected chi connectivity index (χ2v) is 4.27. The van der Waals surface area contributed by atoms with Crippen LogP contribution in [0.15, 0.2) is 24.3 Å². The van der Waals surface area contributed by atoms with Gasteiger partial charge in [-0.3, -0.25) is 4.79 Å². The Morgan fingerprint density at radius 2 is 2.11 bits per heavy atom. The summed E-state index contributed by atoms with van der Waals surface area (Å²) in [6.07, 6.45) is 0. The van der Waals surface area contributed by atoms with Crippen molar-refractivity contribution in [2.45, 2.75) is 13.0 Å². The highest BCUT2D eigenvalue weighted by Gasteiger charge is 2.25. The van der Waals surface area contributed by atoms with Gasteiger partial charge in [0.1, 0.15) is 5.82 Å². The van der Waals surface area contributed by atoms with Crippen molar-refractivity contribution in [3.63, 3.8) is 0 Å². The van der Waals surface area contributed by atoms with Crippen LogP contribution in [-0.4, -0.2) is 38.1 Å². The summed E-state index contributed by atoms with van der Waals surface area (Å²) in [5.41, 5.74) is 0.733. The van der Waals surface area contributed by atoms with E-state index in [0.29, 0.717) is 13.1 Å². The molecule has 1 amide bonds. The van der Waals surface area contributed by atoms with E-state index in [1.54, 1.807) is 17.0 Å². The maximum atomic E-state index is 12.9. The number of likely N-dealkylation sites (N-methyl/N-ethyl adjacent to an activating group) is 1. The molecular formula is C13H18FN3O. The number of piperazine rings is 1. The van der Waals surface area contributed by atoms with Crippen LogP contribution < -0.4 is 15.5 Å². The standard InChI is InChI=1S/C13H18FN3O/c1-2-17(11-5-3-10(14)4-6-11)13(18)12-9-15-7-8-16-12/h3-6,12,15-16H,2,7-9H2,1H3. The summed E-state index contributed by atoms with van der Waals surface area (Å²) in [5.74, 6) is -0.268. The molecule has 1 aliphatic heterocycles. The lowest BCUT2D eigenvalue weighted by Crippen LogP contribution is -2.56. The number of amides is 1. The molecule has 0 bridgehead atoms. The zero-order chi connectivity index (χ0) is 13.0. The molecule has 1 saturated heterocycles. The van der Waals surface area contributed by atoms with Crippen molar-refractivity contribution in [3.05, 3.63) is 30.1 Å². The quantitative estimate of drug-likeness (QED) is 0.833. The first-order valence-corrected chi connectivity index (χ1v) is 6.23. The van der Waals surface area contributed by atoms with Crippen LogP contribution >= 0.6 is 0 Å². The molecule has 98 valence electrons. The summed E-state index contributed by atoms with van der Waals surface area (Å²) in [6, 6.07) is 5.80. The lowest BCUT2D eigenvalue weighted by Gasteiger charge is -2.29. The van der Waals surface area contributed by atoms with Crippen molar-refractivity contribution in [2.24, 2.45) is 0 Å². The Kier molecular flexibility index (Phi) is 4.28. The van der Waals surface area contributed by atoms with E-state index in [-0.39, 0.29) is 17.8 Å². The van der Waals surface area contributed by atoms with Crippen molar-refractivity contribution in [2.75, 3.05) is 31.1 Å². The molecule has 1 aliphatic rings. The lowest BCUT2D eigenvalue weighted by molar-refractivity contribution is -0.120. The zero-order valence-electron chi connectivity index (χ0n) is 10.4. The van der Waals surface area contributed by atoms with Gasteiger partial charge in [-0.2, -0.15) is 0 Å². The van der Waals surface area contributed by atoms with E-state index in [1.807, 2.05) is 6.92 Å². The number of rotatable bonds is 3. The molecule has 2 N–H and O–H groups in total. The smallest absolute Gasteiger partial charge is 0.245 e. The maximum absolute atomic E-state index is 12.9. The van der Waals surface area contributed by atoms with Gasteiger partial charge in [-0.25, -0.2) is 4.39 Å². The van der Waals surface area contributed by atoms with Crippen LogP contribution in [0.3, 0.4) is 0 Å². The Balaban J connectivity index is 2.12. The van der Waals surface area contributed by atoms with E-state index in [1.165, 1.54) is 12.1 Å². The summed E-state index contributed by atoms with van der Waals surface area (Å²) in [6.45, 7) is 4.79. The van der Waals surface area contributed by atoms with Crippen molar-refractivity contribution in [3.8, 4) is 0 Å². The molecule has 0 saturated carbocycles. The Hall–Kier alpha value is -1.46. The molecular weight excluding hydrogens is 233 g/mol. The van der Waals surface area contributed by atoms with Crippen molar-refractivity contribution < 1.29 is 9.18 Å². The van der Waals surface area contributed by atoms with Gasteiger partial charge in [0, 0.05) is 31.9 Å². The van der Waals surface area contributed by atoms with Gasteiger partial charge < -0.3 is 15.5 Å². The molecule has 4 nitrogen and oxygen atoms in total. The van der Waals surface area contributed by atoms with Gasteiger partial charge in [0.2, 0.25) is 5.91 Å². The summed E-state index contributed by atoms with van der Waals surface area (Å²) in [7, 11) is 0. The largest absolute Gasteiger partial charge is 0.313 e. The number of hydrogen-bond acceptors (Lipinski definition) is 3. The Labute approximate surface area is 106 Å². The molecule has 1 aromatic carbocycles. The van der Waals surface area contributed by atoms with Crippen molar-refractivity contribution >= 4 is 11.6 Å². The van der Waals surface area contributed by atoms with E-state index in [9.17, 15) is 9.18 Å². The van der Waals surface area contributed by atoms with Gasteiger partial charge in [-0.05, 0) is 31.2 Å². The summed E-state index contributed by atoms with van der Waals surface area (Å²) in [5, 5.41) is 6.37. The Bertz CT molecular complexity index is 401. The second-order valence-electron chi connectivity index (χ2n) is 4.27. The predicted molar refractivity (Wildman–Crippen MR) is 69.1 cm³/mol. The third-order valence-electron chi connectivity index (χ3n) is 3.06. The molecule has 1 fully saturated rings. The molecule has 2 rings (SSSR count). The number of carbonyl (C=O) groups is 1. The number of nitrogens with one attached hydrogen (secondary N) is 2. The average Bonchev–Trinajstić information content (AvgIpc) is 2.42. The second kappa shape index (κ2) is 5.93. The number of anilines is 1. The summed E-state index contributed by atoms with van der Waals surface area (Å²) >= 11 is 0. The van der Waals surface area contributed by atoms with Crippen LogP contribution in [0.1, 0.15) is 6.92 Å². The van der Waals surface area contributed by atoms with Crippen LogP contribution in [0.2, 0.25) is 0 Å². The fourth-order valence-corrected chi connectivity index (χ4v) is 2.10. The Morgan fingerprint density at radius 1 is 1.39 bits per heavy atom. The normalized spacial score (nSPS) is 19.6. The number of nitrogens with zero attached hydrogens (tertiary/aromatic N) is 1. The molecule has 5 heteroatoms. The highest BCUT2D eigenvalue weighted by atomic mass is 19.1. The highest BCUT2D eigenvalue weighted by molar-refractivity contribution is 5.97. The van der Waals surface area contributed by atoms with Crippen LogP contribution in [0.25, 0.3) is 0 Å². The lowest BCUT2D eigenvalue weighted by atomic mass is 10.2. The topological polar surface area (TPSA) is 44.4 Å². The van der Waals surface area contributed by atoms with E-state index in [0.717, 1.165) is 18.8 Å². The highest BCUT2D eigenvalue weighted by Crippen LogP contribution is 2.15. The minimum Gasteiger partial charge on any atom is -0.313 e. The summed E-state index contributed by atoms with van der Waals surface area (Å²) < 4.78 is 12.9. The molecule has 0 aliphatic carbocycles. The predicted octanol–water partition coefficient (Wildman–Crippen LogP) is 0.740. The molecule has 0 radical (unpaired) electrons. The van der Waals surface area contributed by atoms with E-state index in [4.69, 9.17) is 0 Å². The number of halogens is 1. The minimum atomic E-state index is -0.292. The molecule has 18 heavy (non-hydrogen) atoms. The molecule has 1 atom stereocenters. The maximum Gasteiger partial charge on any atom is 0.245 e. The fourth-order valence-electron chi connectivity index (χ4n) is 2.10. The van der Waals surface area contributed by atoms with Crippen molar-refractivity contribution in [1.29, 1.82) is 0 Å². The average molecular weight is 251 g/mol.